The van der Waals surface area contributed by atoms with Gasteiger partial charge >= 0.3 is 6.09 Å². The number of aliphatic imine (C=N–C) groups is 1. The topological polar surface area (TPSA) is 87.2 Å². The molecule has 8 nitrogen and oxygen atoms in total. The van der Waals surface area contributed by atoms with Crippen molar-refractivity contribution in [3.05, 3.63) is 35.9 Å². The van der Waals surface area contributed by atoms with Crippen molar-refractivity contribution in [3.63, 3.8) is 0 Å². The molecule has 1 rings (SSSR count). The monoisotopic (exact) mass is 421 g/mol. The van der Waals surface area contributed by atoms with E-state index in [2.05, 4.69) is 32.9 Å². The van der Waals surface area contributed by atoms with Gasteiger partial charge in [0.2, 0.25) is 0 Å². The van der Waals surface area contributed by atoms with Crippen molar-refractivity contribution in [2.45, 2.75) is 38.8 Å². The Balaban J connectivity index is 2.56. The lowest BCUT2D eigenvalue weighted by molar-refractivity contribution is 0.0504. The second kappa shape index (κ2) is 13.8. The first-order chi connectivity index (χ1) is 14.2. The number of amides is 1. The van der Waals surface area contributed by atoms with Crippen molar-refractivity contribution in [2.75, 3.05) is 54.0 Å². The Kier molecular flexibility index (Phi) is 11.8. The number of nitrogens with zero attached hydrogens (tertiary/aromatic N) is 2. The summed E-state index contributed by atoms with van der Waals surface area (Å²) in [4.78, 5) is 18.8. The summed E-state index contributed by atoms with van der Waals surface area (Å²) >= 11 is 0. The Hall–Kier alpha value is -2.32. The van der Waals surface area contributed by atoms with Crippen LogP contribution in [0.2, 0.25) is 0 Å². The highest BCUT2D eigenvalue weighted by Crippen LogP contribution is 2.14. The Morgan fingerprint density at radius 1 is 1.17 bits per heavy atom. The quantitative estimate of drug-likeness (QED) is 0.289. The van der Waals surface area contributed by atoms with E-state index in [0.29, 0.717) is 12.5 Å². The lowest BCUT2D eigenvalue weighted by Gasteiger charge is -2.25. The average molecular weight is 422 g/mol. The number of hydrogen-bond donors (Lipinski definition) is 3. The molecule has 1 amide bonds. The van der Waals surface area contributed by atoms with Crippen LogP contribution in [0, 0.1) is 0 Å². The number of alkyl carbamates (subject to hydrolysis) is 1. The van der Waals surface area contributed by atoms with Gasteiger partial charge in [0.05, 0.1) is 6.04 Å². The van der Waals surface area contributed by atoms with Crippen LogP contribution in [0.5, 0.6) is 0 Å². The van der Waals surface area contributed by atoms with Gasteiger partial charge < -0.3 is 30.3 Å². The fourth-order valence-electron chi connectivity index (χ4n) is 2.76. The predicted molar refractivity (Wildman–Crippen MR) is 122 cm³/mol. The summed E-state index contributed by atoms with van der Waals surface area (Å²) in [6, 6.07) is 9.56. The third-order valence-corrected chi connectivity index (χ3v) is 4.26. The smallest absolute Gasteiger partial charge is 0.408 e. The van der Waals surface area contributed by atoms with E-state index in [9.17, 15) is 4.79 Å². The van der Waals surface area contributed by atoms with E-state index < -0.39 is 11.7 Å². The van der Waals surface area contributed by atoms with Crippen molar-refractivity contribution >= 4 is 12.1 Å². The normalized spacial score (nSPS) is 13.1. The standard InChI is InChI=1S/C22H39N5O3/c1-22(2,3)30-21(28)26-19(18-11-8-7-9-12-18)17-25-20(23-4)24-13-15-27(5)14-10-16-29-6/h7-9,11-12,19H,10,13-17H2,1-6H3,(H,26,28)(H2,23,24,25). The number of benzene rings is 1. The van der Waals surface area contributed by atoms with Crippen molar-refractivity contribution < 1.29 is 14.3 Å². The van der Waals surface area contributed by atoms with Crippen molar-refractivity contribution in [1.82, 2.24) is 20.9 Å². The Labute approximate surface area is 181 Å². The van der Waals surface area contributed by atoms with Crippen LogP contribution in [0.25, 0.3) is 0 Å². The molecule has 0 aliphatic carbocycles. The zero-order valence-corrected chi connectivity index (χ0v) is 19.3. The molecule has 1 aromatic carbocycles. The maximum absolute atomic E-state index is 12.3. The number of ether oxygens (including phenoxy) is 2. The Morgan fingerprint density at radius 3 is 2.47 bits per heavy atom. The maximum atomic E-state index is 12.3. The van der Waals surface area contributed by atoms with E-state index in [1.54, 1.807) is 14.2 Å². The average Bonchev–Trinajstić information content (AvgIpc) is 2.69. The highest BCUT2D eigenvalue weighted by atomic mass is 16.6. The first-order valence-electron chi connectivity index (χ1n) is 10.4. The molecule has 0 fully saturated rings. The molecule has 8 heteroatoms. The van der Waals surface area contributed by atoms with Gasteiger partial charge in [-0.05, 0) is 39.8 Å². The van der Waals surface area contributed by atoms with Gasteiger partial charge in [-0.1, -0.05) is 30.3 Å². The van der Waals surface area contributed by atoms with Crippen LogP contribution in [0.1, 0.15) is 38.8 Å². The summed E-state index contributed by atoms with van der Waals surface area (Å²) in [6.45, 7) is 9.43. The second-order valence-corrected chi connectivity index (χ2v) is 8.14. The molecule has 0 aliphatic heterocycles. The number of guanidine groups is 1. The minimum Gasteiger partial charge on any atom is -0.444 e. The lowest BCUT2D eigenvalue weighted by Crippen LogP contribution is -2.45. The van der Waals surface area contributed by atoms with Gasteiger partial charge in [0.15, 0.2) is 5.96 Å². The first-order valence-corrected chi connectivity index (χ1v) is 10.4. The fourth-order valence-corrected chi connectivity index (χ4v) is 2.76. The van der Waals surface area contributed by atoms with Crippen LogP contribution in [-0.2, 0) is 9.47 Å². The zero-order chi connectivity index (χ0) is 22.4. The van der Waals surface area contributed by atoms with Crippen LogP contribution in [-0.4, -0.2) is 76.5 Å². The molecular weight excluding hydrogens is 382 g/mol. The summed E-state index contributed by atoms with van der Waals surface area (Å²) in [5.41, 5.74) is 0.440. The van der Waals surface area contributed by atoms with Gasteiger partial charge in [-0.15, -0.1) is 0 Å². The Morgan fingerprint density at radius 2 is 1.87 bits per heavy atom. The molecule has 0 bridgehead atoms. The Bertz CT molecular complexity index is 631. The predicted octanol–water partition coefficient (Wildman–Crippen LogP) is 2.39. The van der Waals surface area contributed by atoms with Gasteiger partial charge in [-0.3, -0.25) is 4.99 Å². The van der Waals surface area contributed by atoms with Crippen molar-refractivity contribution in [3.8, 4) is 0 Å². The molecule has 3 N–H and O–H groups in total. The highest BCUT2D eigenvalue weighted by molar-refractivity contribution is 5.79. The summed E-state index contributed by atoms with van der Waals surface area (Å²) in [6.07, 6.45) is 0.563. The van der Waals surface area contributed by atoms with Crippen LogP contribution >= 0.6 is 0 Å². The van der Waals surface area contributed by atoms with Crippen molar-refractivity contribution in [2.24, 2.45) is 4.99 Å². The summed E-state index contributed by atoms with van der Waals surface area (Å²) < 4.78 is 10.5. The van der Waals surface area contributed by atoms with Gasteiger partial charge in [0, 0.05) is 46.9 Å². The molecule has 170 valence electrons. The minimum absolute atomic E-state index is 0.253. The molecule has 0 radical (unpaired) electrons. The largest absolute Gasteiger partial charge is 0.444 e. The minimum atomic E-state index is -0.550. The molecule has 30 heavy (non-hydrogen) atoms. The summed E-state index contributed by atoms with van der Waals surface area (Å²) in [5.74, 6) is 0.687. The third kappa shape index (κ3) is 11.6. The SMILES string of the molecule is CN=C(NCCN(C)CCCOC)NCC(NC(=O)OC(C)(C)C)c1ccccc1. The molecular formula is C22H39N5O3. The van der Waals surface area contributed by atoms with E-state index in [1.807, 2.05) is 51.1 Å². The molecule has 0 heterocycles. The van der Waals surface area contributed by atoms with Crippen LogP contribution in [0.4, 0.5) is 4.79 Å². The molecule has 0 aromatic heterocycles. The van der Waals surface area contributed by atoms with E-state index in [-0.39, 0.29) is 6.04 Å². The molecule has 1 unspecified atom stereocenters. The molecule has 0 saturated heterocycles. The molecule has 1 atom stereocenters. The van der Waals surface area contributed by atoms with Gasteiger partial charge in [-0.25, -0.2) is 4.79 Å². The first kappa shape index (κ1) is 25.7. The van der Waals surface area contributed by atoms with E-state index in [1.165, 1.54) is 0 Å². The van der Waals surface area contributed by atoms with E-state index >= 15 is 0 Å². The second-order valence-electron chi connectivity index (χ2n) is 8.14. The van der Waals surface area contributed by atoms with Crippen LogP contribution < -0.4 is 16.0 Å². The molecule has 1 aromatic rings. The molecule has 0 spiro atoms. The molecule has 0 saturated carbocycles. The van der Waals surface area contributed by atoms with Crippen molar-refractivity contribution in [1.29, 1.82) is 0 Å². The summed E-state index contributed by atoms with van der Waals surface area (Å²) in [7, 11) is 5.54. The third-order valence-electron chi connectivity index (χ3n) is 4.26. The van der Waals surface area contributed by atoms with Crippen LogP contribution in [0.3, 0.4) is 0 Å². The number of carbonyl (C=O) groups excluding carboxylic acids is 1. The maximum Gasteiger partial charge on any atom is 0.408 e. The molecule has 0 aliphatic rings. The number of hydrogen-bond acceptors (Lipinski definition) is 5. The van der Waals surface area contributed by atoms with Gasteiger partial charge in [0.1, 0.15) is 5.60 Å². The number of methoxy groups -OCH3 is 1. The van der Waals surface area contributed by atoms with E-state index in [4.69, 9.17) is 9.47 Å². The summed E-state index contributed by atoms with van der Waals surface area (Å²) in [5, 5.41) is 9.55. The number of carbonyl (C=O) groups is 1. The number of rotatable bonds is 11. The van der Waals surface area contributed by atoms with Gasteiger partial charge in [-0.2, -0.15) is 0 Å². The van der Waals surface area contributed by atoms with Gasteiger partial charge in [0.25, 0.3) is 0 Å². The lowest BCUT2D eigenvalue weighted by atomic mass is 10.1. The fraction of sp³-hybridized carbons (Fsp3) is 0.636. The number of nitrogens with one attached hydrogen (secondary N) is 3. The van der Waals surface area contributed by atoms with Crippen LogP contribution in [0.15, 0.2) is 35.3 Å². The van der Waals surface area contributed by atoms with E-state index in [0.717, 1.165) is 38.2 Å². The number of likely N-dealkylation sites (N-methyl/N-ethyl adjacent to an activating group) is 1. The highest BCUT2D eigenvalue weighted by Gasteiger charge is 2.20. The zero-order valence-electron chi connectivity index (χ0n) is 19.3.